The first-order chi connectivity index (χ1) is 13.7. The zero-order chi connectivity index (χ0) is 19.3. The summed E-state index contributed by atoms with van der Waals surface area (Å²) in [5.74, 6) is 1.50. The van der Waals surface area contributed by atoms with E-state index in [-0.39, 0.29) is 11.8 Å². The number of nitrogens with one attached hydrogen (secondary N) is 1. The van der Waals surface area contributed by atoms with Gasteiger partial charge in [0.05, 0.1) is 5.92 Å². The number of anilines is 1. The van der Waals surface area contributed by atoms with Gasteiger partial charge in [0.2, 0.25) is 5.91 Å². The number of aromatic nitrogens is 5. The van der Waals surface area contributed by atoms with E-state index in [0.29, 0.717) is 18.9 Å². The van der Waals surface area contributed by atoms with Gasteiger partial charge < -0.3 is 10.2 Å². The molecule has 0 radical (unpaired) electrons. The van der Waals surface area contributed by atoms with E-state index in [1.54, 1.807) is 11.0 Å². The van der Waals surface area contributed by atoms with Gasteiger partial charge in [-0.25, -0.2) is 19.6 Å². The average Bonchev–Trinajstić information content (AvgIpc) is 3.28. The summed E-state index contributed by atoms with van der Waals surface area (Å²) in [5, 5.41) is 7.18. The highest BCUT2D eigenvalue weighted by Crippen LogP contribution is 2.22. The third-order valence-corrected chi connectivity index (χ3v) is 5.00. The van der Waals surface area contributed by atoms with Crippen LogP contribution < -0.4 is 10.2 Å². The normalized spacial score (nSPS) is 16.8. The molecule has 0 aliphatic carbocycles. The second kappa shape index (κ2) is 8.16. The zero-order valence-corrected chi connectivity index (χ0v) is 15.8. The van der Waals surface area contributed by atoms with Crippen LogP contribution in [-0.2, 0) is 11.3 Å². The summed E-state index contributed by atoms with van der Waals surface area (Å²) in [6.45, 7) is 4.13. The lowest BCUT2D eigenvalue weighted by molar-refractivity contribution is -0.125. The van der Waals surface area contributed by atoms with E-state index in [1.807, 2.05) is 6.07 Å². The molecule has 28 heavy (non-hydrogen) atoms. The Morgan fingerprint density at radius 2 is 2.00 bits per heavy atom. The van der Waals surface area contributed by atoms with Crippen molar-refractivity contribution in [1.29, 1.82) is 0 Å². The topological polar surface area (TPSA) is 88.8 Å². The van der Waals surface area contributed by atoms with Gasteiger partial charge >= 0.3 is 0 Å². The van der Waals surface area contributed by atoms with Crippen molar-refractivity contribution in [1.82, 2.24) is 30.0 Å². The van der Waals surface area contributed by atoms with Gasteiger partial charge in [-0.3, -0.25) is 4.79 Å². The number of amides is 1. The van der Waals surface area contributed by atoms with Crippen LogP contribution >= 0.6 is 0 Å². The van der Waals surface area contributed by atoms with Gasteiger partial charge in [-0.05, 0) is 25.3 Å². The van der Waals surface area contributed by atoms with Gasteiger partial charge in [-0.15, -0.1) is 0 Å². The third kappa shape index (κ3) is 4.16. The number of hydrogen-bond acceptors (Lipinski definition) is 6. The van der Waals surface area contributed by atoms with Crippen molar-refractivity contribution in [3.63, 3.8) is 0 Å². The Morgan fingerprint density at radius 1 is 1.18 bits per heavy atom. The Bertz CT molecular complexity index is 924. The van der Waals surface area contributed by atoms with Crippen LogP contribution in [0.2, 0.25) is 0 Å². The maximum Gasteiger partial charge on any atom is 0.225 e. The molecule has 1 aliphatic rings. The van der Waals surface area contributed by atoms with Crippen molar-refractivity contribution in [3.05, 3.63) is 60.4 Å². The third-order valence-electron chi connectivity index (χ3n) is 5.00. The van der Waals surface area contributed by atoms with Gasteiger partial charge in [-0.2, -0.15) is 5.10 Å². The van der Waals surface area contributed by atoms with E-state index in [1.165, 1.54) is 18.2 Å². The molecule has 1 unspecified atom stereocenters. The Hall–Kier alpha value is -3.29. The van der Waals surface area contributed by atoms with E-state index in [2.05, 4.69) is 61.5 Å². The number of nitrogens with zero attached hydrogens (tertiary/aromatic N) is 6. The molecule has 1 saturated heterocycles. The van der Waals surface area contributed by atoms with Crippen LogP contribution in [0.3, 0.4) is 0 Å². The molecule has 1 amide bonds. The van der Waals surface area contributed by atoms with Gasteiger partial charge in [0.25, 0.3) is 0 Å². The van der Waals surface area contributed by atoms with Crippen LogP contribution in [0.25, 0.3) is 5.82 Å². The lowest BCUT2D eigenvalue weighted by Crippen LogP contribution is -2.43. The smallest absolute Gasteiger partial charge is 0.225 e. The van der Waals surface area contributed by atoms with Gasteiger partial charge in [0.15, 0.2) is 5.82 Å². The molecule has 1 aliphatic heterocycles. The molecule has 0 bridgehead atoms. The molecular formula is C20H23N7O. The number of benzene rings is 1. The predicted octanol–water partition coefficient (Wildman–Crippen LogP) is 1.90. The first-order valence-corrected chi connectivity index (χ1v) is 9.44. The van der Waals surface area contributed by atoms with Crippen LogP contribution in [0, 0.1) is 12.8 Å². The Labute approximate surface area is 163 Å². The van der Waals surface area contributed by atoms with Crippen molar-refractivity contribution in [2.45, 2.75) is 26.3 Å². The lowest BCUT2D eigenvalue weighted by Gasteiger charge is -2.32. The Kier molecular flexibility index (Phi) is 5.27. The maximum atomic E-state index is 12.7. The average molecular weight is 377 g/mol. The van der Waals surface area contributed by atoms with Crippen molar-refractivity contribution in [2.24, 2.45) is 5.92 Å². The number of hydrogen-bond donors (Lipinski definition) is 1. The Morgan fingerprint density at radius 3 is 2.79 bits per heavy atom. The molecule has 3 heterocycles. The minimum absolute atomic E-state index is 0.0519. The molecule has 1 N–H and O–H groups in total. The van der Waals surface area contributed by atoms with Crippen molar-refractivity contribution < 1.29 is 4.79 Å². The van der Waals surface area contributed by atoms with Crippen LogP contribution in [-0.4, -0.2) is 43.7 Å². The Balaban J connectivity index is 1.39. The van der Waals surface area contributed by atoms with Crippen LogP contribution in [0.15, 0.2) is 49.3 Å². The number of aryl methyl sites for hydroxylation is 1. The molecule has 3 aromatic rings. The minimum atomic E-state index is -0.0519. The van der Waals surface area contributed by atoms with Crippen molar-refractivity contribution >= 4 is 11.7 Å². The van der Waals surface area contributed by atoms with E-state index in [0.717, 1.165) is 30.8 Å². The molecule has 1 aromatic carbocycles. The molecule has 8 nitrogen and oxygen atoms in total. The molecule has 0 spiro atoms. The summed E-state index contributed by atoms with van der Waals surface area (Å²) < 4.78 is 1.60. The number of piperidine rings is 1. The highest BCUT2D eigenvalue weighted by atomic mass is 16.1. The largest absolute Gasteiger partial charge is 0.356 e. The van der Waals surface area contributed by atoms with Crippen LogP contribution in [0.5, 0.6) is 0 Å². The van der Waals surface area contributed by atoms with Crippen LogP contribution in [0.1, 0.15) is 24.0 Å². The summed E-state index contributed by atoms with van der Waals surface area (Å²) in [5.41, 5.74) is 2.33. The van der Waals surface area contributed by atoms with Gasteiger partial charge in [0.1, 0.15) is 24.8 Å². The van der Waals surface area contributed by atoms with E-state index < -0.39 is 0 Å². The summed E-state index contributed by atoms with van der Waals surface area (Å²) in [6, 6.07) is 10.1. The lowest BCUT2D eigenvalue weighted by atomic mass is 9.97. The van der Waals surface area contributed by atoms with E-state index in [9.17, 15) is 4.79 Å². The number of rotatable bonds is 5. The van der Waals surface area contributed by atoms with E-state index >= 15 is 0 Å². The molecule has 8 heteroatoms. The van der Waals surface area contributed by atoms with E-state index in [4.69, 9.17) is 0 Å². The highest BCUT2D eigenvalue weighted by molar-refractivity contribution is 5.79. The van der Waals surface area contributed by atoms with Gasteiger partial charge in [-0.1, -0.05) is 29.8 Å². The highest BCUT2D eigenvalue weighted by Gasteiger charge is 2.26. The summed E-state index contributed by atoms with van der Waals surface area (Å²) in [7, 11) is 0. The first-order valence-electron chi connectivity index (χ1n) is 9.44. The monoisotopic (exact) mass is 377 g/mol. The fourth-order valence-electron chi connectivity index (χ4n) is 3.40. The number of carbonyl (C=O) groups excluding carboxylic acids is 1. The summed E-state index contributed by atoms with van der Waals surface area (Å²) >= 11 is 0. The van der Waals surface area contributed by atoms with Crippen molar-refractivity contribution in [2.75, 3.05) is 18.0 Å². The second-order valence-corrected chi connectivity index (χ2v) is 7.06. The number of carbonyl (C=O) groups is 1. The van der Waals surface area contributed by atoms with Crippen LogP contribution in [0.4, 0.5) is 5.82 Å². The molecule has 2 aromatic heterocycles. The zero-order valence-electron chi connectivity index (χ0n) is 15.8. The minimum Gasteiger partial charge on any atom is -0.356 e. The molecule has 144 valence electrons. The second-order valence-electron chi connectivity index (χ2n) is 7.06. The fraction of sp³-hybridized carbons (Fsp3) is 0.350. The quantitative estimate of drug-likeness (QED) is 0.731. The SMILES string of the molecule is Cc1ccc(CNC(=O)C2CCCN(c3cc(-n4cncn4)ncn3)C2)cc1. The molecular weight excluding hydrogens is 354 g/mol. The summed E-state index contributed by atoms with van der Waals surface area (Å²) in [4.78, 5) is 27.4. The summed E-state index contributed by atoms with van der Waals surface area (Å²) in [6.07, 6.45) is 6.43. The standard InChI is InChI=1S/C20H23N7O/c1-15-4-6-16(7-5-15)10-22-20(28)17-3-2-8-26(11-17)18-9-19(24-13-23-18)27-14-21-12-25-27/h4-7,9,12-14,17H,2-3,8,10-11H2,1H3,(H,22,28). The molecule has 1 atom stereocenters. The first kappa shape index (κ1) is 18.1. The predicted molar refractivity (Wildman–Crippen MR) is 105 cm³/mol. The van der Waals surface area contributed by atoms with Gasteiger partial charge in [0, 0.05) is 25.7 Å². The maximum absolute atomic E-state index is 12.7. The van der Waals surface area contributed by atoms with Crippen molar-refractivity contribution in [3.8, 4) is 5.82 Å². The molecule has 1 fully saturated rings. The molecule has 4 rings (SSSR count). The fourth-order valence-corrected chi connectivity index (χ4v) is 3.40. The molecule has 0 saturated carbocycles.